The van der Waals surface area contributed by atoms with Crippen molar-refractivity contribution in [3.63, 3.8) is 0 Å². The van der Waals surface area contributed by atoms with Crippen molar-refractivity contribution in [3.05, 3.63) is 0 Å². The van der Waals surface area contributed by atoms with Gasteiger partial charge in [-0.05, 0) is 33.4 Å². The Morgan fingerprint density at radius 2 is 2.00 bits per heavy atom. The predicted octanol–water partition coefficient (Wildman–Crippen LogP) is 1.65. The molecule has 0 spiro atoms. The average molecular weight is 244 g/mol. The normalized spacial score (nSPS) is 14.7. The summed E-state index contributed by atoms with van der Waals surface area (Å²) in [6, 6.07) is 0.278. The first-order chi connectivity index (χ1) is 8.06. The van der Waals surface area contributed by atoms with Gasteiger partial charge in [-0.3, -0.25) is 4.79 Å². The van der Waals surface area contributed by atoms with Crippen LogP contribution in [0.4, 0.5) is 0 Å². The first-order valence-electron chi connectivity index (χ1n) is 6.58. The summed E-state index contributed by atoms with van der Waals surface area (Å²) >= 11 is 0. The number of methoxy groups -OCH3 is 1. The van der Waals surface area contributed by atoms with E-state index in [-0.39, 0.29) is 12.0 Å². The molecule has 4 heteroatoms. The van der Waals surface area contributed by atoms with Crippen LogP contribution in [0.25, 0.3) is 0 Å². The second kappa shape index (κ2) is 9.42. The van der Waals surface area contributed by atoms with E-state index < -0.39 is 0 Å². The Labute approximate surface area is 106 Å². The molecule has 0 fully saturated rings. The molecule has 1 N–H and O–H groups in total. The molecule has 4 nitrogen and oxygen atoms in total. The van der Waals surface area contributed by atoms with Gasteiger partial charge >= 0.3 is 5.97 Å². The number of ether oxygens (including phenoxy) is 1. The molecule has 0 saturated carbocycles. The highest BCUT2D eigenvalue weighted by molar-refractivity contribution is 5.75. The Kier molecular flexibility index (Phi) is 9.09. The molecule has 0 aromatic carbocycles. The van der Waals surface area contributed by atoms with Gasteiger partial charge in [-0.2, -0.15) is 0 Å². The second-order valence-corrected chi connectivity index (χ2v) is 4.61. The lowest BCUT2D eigenvalue weighted by Gasteiger charge is -2.28. The molecule has 0 rings (SSSR count). The van der Waals surface area contributed by atoms with Crippen LogP contribution in [0.2, 0.25) is 0 Å². The summed E-state index contributed by atoms with van der Waals surface area (Å²) in [6.07, 6.45) is 3.33. The van der Waals surface area contributed by atoms with Gasteiger partial charge in [0.1, 0.15) is 6.04 Å². The zero-order valence-electron chi connectivity index (χ0n) is 12.0. The number of carbonyl (C=O) groups excluding carboxylic acids is 1. The second-order valence-electron chi connectivity index (χ2n) is 4.61. The van der Waals surface area contributed by atoms with Crippen LogP contribution >= 0.6 is 0 Å². The molecule has 17 heavy (non-hydrogen) atoms. The fourth-order valence-corrected chi connectivity index (χ4v) is 1.79. The largest absolute Gasteiger partial charge is 0.468 e. The summed E-state index contributed by atoms with van der Waals surface area (Å²) in [6.45, 7) is 8.00. The third-order valence-electron chi connectivity index (χ3n) is 3.06. The highest BCUT2D eigenvalue weighted by atomic mass is 16.5. The summed E-state index contributed by atoms with van der Waals surface area (Å²) in [7, 11) is 3.50. The summed E-state index contributed by atoms with van der Waals surface area (Å²) in [5, 5.41) is 3.23. The van der Waals surface area contributed by atoms with E-state index in [2.05, 4.69) is 38.0 Å². The Bertz CT molecular complexity index is 210. The van der Waals surface area contributed by atoms with Crippen molar-refractivity contribution >= 4 is 5.97 Å². The van der Waals surface area contributed by atoms with Gasteiger partial charge in [-0.15, -0.1) is 0 Å². The van der Waals surface area contributed by atoms with E-state index in [1.807, 2.05) is 0 Å². The first-order valence-corrected chi connectivity index (χ1v) is 6.58. The maximum atomic E-state index is 11.6. The van der Waals surface area contributed by atoms with E-state index in [9.17, 15) is 4.79 Å². The van der Waals surface area contributed by atoms with Gasteiger partial charge in [0.25, 0.3) is 0 Å². The van der Waals surface area contributed by atoms with Gasteiger partial charge in [-0.25, -0.2) is 0 Å². The van der Waals surface area contributed by atoms with Crippen LogP contribution in [-0.2, 0) is 9.53 Å². The van der Waals surface area contributed by atoms with Crippen molar-refractivity contribution in [1.29, 1.82) is 0 Å². The zero-order chi connectivity index (χ0) is 13.3. The smallest absolute Gasteiger partial charge is 0.324 e. The van der Waals surface area contributed by atoms with E-state index in [0.29, 0.717) is 12.6 Å². The molecule has 2 unspecified atom stereocenters. The van der Waals surface area contributed by atoms with Gasteiger partial charge in [0.15, 0.2) is 0 Å². The molecule has 0 aromatic rings. The minimum Gasteiger partial charge on any atom is -0.468 e. The van der Waals surface area contributed by atoms with E-state index in [1.54, 1.807) is 0 Å². The molecular weight excluding hydrogens is 216 g/mol. The van der Waals surface area contributed by atoms with E-state index >= 15 is 0 Å². The van der Waals surface area contributed by atoms with Gasteiger partial charge in [0.05, 0.1) is 7.11 Å². The SMILES string of the molecule is CCCNC(CN(C)C(C)CCC)C(=O)OC. The van der Waals surface area contributed by atoms with Crippen molar-refractivity contribution in [2.24, 2.45) is 0 Å². The highest BCUT2D eigenvalue weighted by Gasteiger charge is 2.21. The van der Waals surface area contributed by atoms with Crippen molar-refractivity contribution in [1.82, 2.24) is 10.2 Å². The topological polar surface area (TPSA) is 41.6 Å². The summed E-state index contributed by atoms with van der Waals surface area (Å²) in [5.41, 5.74) is 0. The maximum Gasteiger partial charge on any atom is 0.324 e. The molecule has 2 atom stereocenters. The minimum atomic E-state index is -0.218. The minimum absolute atomic E-state index is 0.172. The van der Waals surface area contributed by atoms with Gasteiger partial charge in [0.2, 0.25) is 0 Å². The van der Waals surface area contributed by atoms with Crippen LogP contribution in [0.1, 0.15) is 40.0 Å². The lowest BCUT2D eigenvalue weighted by atomic mass is 10.1. The number of likely N-dealkylation sites (N-methyl/N-ethyl adjacent to an activating group) is 1. The van der Waals surface area contributed by atoms with Crippen molar-refractivity contribution < 1.29 is 9.53 Å². The van der Waals surface area contributed by atoms with Gasteiger partial charge in [0, 0.05) is 12.6 Å². The molecule has 0 heterocycles. The van der Waals surface area contributed by atoms with Crippen LogP contribution in [-0.4, -0.2) is 50.2 Å². The molecule has 0 aromatic heterocycles. The summed E-state index contributed by atoms with van der Waals surface area (Å²) < 4.78 is 4.82. The van der Waals surface area contributed by atoms with Crippen molar-refractivity contribution in [2.75, 3.05) is 27.2 Å². The van der Waals surface area contributed by atoms with Crippen LogP contribution in [0.5, 0.6) is 0 Å². The highest BCUT2D eigenvalue weighted by Crippen LogP contribution is 2.05. The van der Waals surface area contributed by atoms with Crippen LogP contribution in [0.3, 0.4) is 0 Å². The Morgan fingerprint density at radius 3 is 2.47 bits per heavy atom. The number of carbonyl (C=O) groups is 1. The Hall–Kier alpha value is -0.610. The van der Waals surface area contributed by atoms with Crippen molar-refractivity contribution in [2.45, 2.75) is 52.1 Å². The monoisotopic (exact) mass is 244 g/mol. The van der Waals surface area contributed by atoms with Crippen LogP contribution in [0, 0.1) is 0 Å². The van der Waals surface area contributed by atoms with Crippen molar-refractivity contribution in [3.8, 4) is 0 Å². The standard InChI is InChI=1S/C13H28N2O2/c1-6-8-11(3)15(4)10-12(13(16)17-5)14-9-7-2/h11-12,14H,6-10H2,1-5H3. The number of hydrogen-bond donors (Lipinski definition) is 1. The van der Waals surface area contributed by atoms with E-state index in [0.717, 1.165) is 25.8 Å². The number of hydrogen-bond acceptors (Lipinski definition) is 4. The average Bonchev–Trinajstić information content (AvgIpc) is 2.33. The summed E-state index contributed by atoms with van der Waals surface area (Å²) in [5.74, 6) is -0.172. The van der Waals surface area contributed by atoms with Gasteiger partial charge in [-0.1, -0.05) is 20.3 Å². The zero-order valence-corrected chi connectivity index (χ0v) is 12.0. The molecule has 0 saturated heterocycles. The molecular formula is C13H28N2O2. The van der Waals surface area contributed by atoms with Crippen LogP contribution in [0.15, 0.2) is 0 Å². The number of rotatable bonds is 9. The third-order valence-corrected chi connectivity index (χ3v) is 3.06. The van der Waals surface area contributed by atoms with E-state index in [1.165, 1.54) is 7.11 Å². The number of nitrogens with one attached hydrogen (secondary N) is 1. The molecule has 0 bridgehead atoms. The van der Waals surface area contributed by atoms with Gasteiger partial charge < -0.3 is 15.0 Å². The quantitative estimate of drug-likeness (QED) is 0.626. The summed E-state index contributed by atoms with van der Waals surface area (Å²) in [4.78, 5) is 13.8. The molecule has 0 aliphatic rings. The molecule has 102 valence electrons. The Morgan fingerprint density at radius 1 is 1.35 bits per heavy atom. The molecule has 0 aliphatic carbocycles. The van der Waals surface area contributed by atoms with Crippen LogP contribution < -0.4 is 5.32 Å². The molecule has 0 amide bonds. The first kappa shape index (κ1) is 16.4. The number of esters is 1. The lowest BCUT2D eigenvalue weighted by molar-refractivity contribution is -0.143. The maximum absolute atomic E-state index is 11.6. The lowest BCUT2D eigenvalue weighted by Crippen LogP contribution is -2.48. The Balaban J connectivity index is 4.25. The molecule has 0 aliphatic heterocycles. The van der Waals surface area contributed by atoms with E-state index in [4.69, 9.17) is 4.74 Å². The fraction of sp³-hybridized carbons (Fsp3) is 0.923. The number of nitrogens with zero attached hydrogens (tertiary/aromatic N) is 1. The fourth-order valence-electron chi connectivity index (χ4n) is 1.79. The molecule has 0 radical (unpaired) electrons. The third kappa shape index (κ3) is 6.64. The predicted molar refractivity (Wildman–Crippen MR) is 71.1 cm³/mol.